The zero-order chi connectivity index (χ0) is 24.7. The lowest BCUT2D eigenvalue weighted by atomic mass is 9.95. The van der Waals surface area contributed by atoms with Gasteiger partial charge in [-0.15, -0.1) is 0 Å². The summed E-state index contributed by atoms with van der Waals surface area (Å²) in [5, 5.41) is 24.3. The lowest BCUT2D eigenvalue weighted by Crippen LogP contribution is -2.69. The molecule has 3 fully saturated rings. The molecule has 4 heterocycles. The molecule has 3 atom stereocenters. The number of halogens is 1. The Morgan fingerprint density at radius 2 is 1.91 bits per heavy atom. The highest BCUT2D eigenvalue weighted by Gasteiger charge is 2.49. The number of fused-ring (bicyclic) bond motifs is 2. The summed E-state index contributed by atoms with van der Waals surface area (Å²) in [6, 6.07) is 6.18. The topological polar surface area (TPSA) is 96.4 Å². The largest absolute Gasteiger partial charge is 0.507 e. The van der Waals surface area contributed by atoms with E-state index in [-0.39, 0.29) is 41.7 Å². The second-order valence-corrected chi connectivity index (χ2v) is 10.8. The zero-order valence-corrected chi connectivity index (χ0v) is 20.5. The molecule has 188 valence electrons. The SMILES string of the molecule is C[C@H]1CCN(C2CCSCC2)[C@@H]2CN3C=C(C(=O)NCc4ccc(F)cc4)C(O)C(O)=C3C(=O)N12. The van der Waals surface area contributed by atoms with E-state index in [0.717, 1.165) is 37.3 Å². The molecule has 0 bridgehead atoms. The van der Waals surface area contributed by atoms with Crippen molar-refractivity contribution in [2.75, 3.05) is 24.6 Å². The van der Waals surface area contributed by atoms with Crippen LogP contribution in [-0.2, 0) is 16.1 Å². The molecule has 3 N–H and O–H groups in total. The number of thioether (sulfide) groups is 1. The molecule has 0 radical (unpaired) electrons. The molecule has 0 aromatic heterocycles. The number of piperazine rings is 1. The van der Waals surface area contributed by atoms with Gasteiger partial charge in [0.1, 0.15) is 23.8 Å². The fraction of sp³-hybridized carbons (Fsp3) is 0.520. The number of nitrogens with zero attached hydrogens (tertiary/aromatic N) is 3. The van der Waals surface area contributed by atoms with Crippen molar-refractivity contribution in [2.24, 2.45) is 0 Å². The number of benzene rings is 1. The predicted molar refractivity (Wildman–Crippen MR) is 130 cm³/mol. The summed E-state index contributed by atoms with van der Waals surface area (Å²) in [5.74, 6) is 0.480. The minimum Gasteiger partial charge on any atom is -0.507 e. The molecule has 0 aliphatic carbocycles. The van der Waals surface area contributed by atoms with Crippen molar-refractivity contribution in [1.82, 2.24) is 20.0 Å². The van der Waals surface area contributed by atoms with Crippen molar-refractivity contribution < 1.29 is 24.2 Å². The van der Waals surface area contributed by atoms with Crippen LogP contribution >= 0.6 is 11.8 Å². The Morgan fingerprint density at radius 1 is 1.20 bits per heavy atom. The van der Waals surface area contributed by atoms with Crippen LogP contribution < -0.4 is 5.32 Å². The number of nitrogens with one attached hydrogen (secondary N) is 1. The van der Waals surface area contributed by atoms with Crippen LogP contribution in [0.1, 0.15) is 31.7 Å². The highest BCUT2D eigenvalue weighted by Crippen LogP contribution is 2.37. The van der Waals surface area contributed by atoms with Crippen LogP contribution in [-0.4, -0.2) is 85.7 Å². The molecule has 2 amide bonds. The molecular weight excluding hydrogens is 471 g/mol. The van der Waals surface area contributed by atoms with Gasteiger partial charge in [0.25, 0.3) is 11.8 Å². The first-order chi connectivity index (χ1) is 16.8. The predicted octanol–water partition coefficient (Wildman–Crippen LogP) is 1.93. The molecule has 3 saturated heterocycles. The summed E-state index contributed by atoms with van der Waals surface area (Å²) in [6.45, 7) is 3.48. The van der Waals surface area contributed by atoms with Gasteiger partial charge in [0.05, 0.1) is 12.1 Å². The lowest BCUT2D eigenvalue weighted by Gasteiger charge is -2.55. The van der Waals surface area contributed by atoms with Crippen LogP contribution in [0.15, 0.2) is 47.5 Å². The van der Waals surface area contributed by atoms with Crippen molar-refractivity contribution in [2.45, 2.75) is 57.1 Å². The fourth-order valence-corrected chi connectivity index (χ4v) is 6.60. The number of amides is 2. The summed E-state index contributed by atoms with van der Waals surface area (Å²) in [4.78, 5) is 32.4. The molecule has 4 aliphatic heterocycles. The van der Waals surface area contributed by atoms with Gasteiger partial charge in [-0.1, -0.05) is 12.1 Å². The molecule has 1 aromatic rings. The first-order valence-corrected chi connectivity index (χ1v) is 13.3. The standard InChI is InChI=1S/C25H31FN4O4S/c1-15-6-9-29(18-7-10-35-11-8-18)20-14-28-13-19(22(31)23(32)21(28)25(34)30(15)20)24(33)27-12-16-2-4-17(26)5-3-16/h2-5,13,15,18,20,22,31-32H,6-12,14H2,1H3,(H,27,33)/t15-,20-,22?/m0/s1. The van der Waals surface area contributed by atoms with E-state index >= 15 is 0 Å². The van der Waals surface area contributed by atoms with Crippen LogP contribution in [0.25, 0.3) is 0 Å². The summed E-state index contributed by atoms with van der Waals surface area (Å²) in [7, 11) is 0. The number of aliphatic hydroxyl groups excluding tert-OH is 2. The van der Waals surface area contributed by atoms with Gasteiger partial charge in [-0.3, -0.25) is 14.5 Å². The summed E-state index contributed by atoms with van der Waals surface area (Å²) >= 11 is 1.96. The summed E-state index contributed by atoms with van der Waals surface area (Å²) in [6.07, 6.45) is 2.75. The Bertz CT molecular complexity index is 1060. The summed E-state index contributed by atoms with van der Waals surface area (Å²) < 4.78 is 13.1. The van der Waals surface area contributed by atoms with Crippen molar-refractivity contribution in [3.05, 3.63) is 58.9 Å². The van der Waals surface area contributed by atoms with Gasteiger partial charge in [0.2, 0.25) is 0 Å². The number of hydrogen-bond acceptors (Lipinski definition) is 7. The molecule has 5 rings (SSSR count). The molecule has 35 heavy (non-hydrogen) atoms. The van der Waals surface area contributed by atoms with E-state index in [0.29, 0.717) is 18.2 Å². The Hall–Kier alpha value is -2.56. The maximum Gasteiger partial charge on any atom is 0.275 e. The highest BCUT2D eigenvalue weighted by molar-refractivity contribution is 7.99. The number of carbonyl (C=O) groups is 2. The minimum atomic E-state index is -1.60. The number of aliphatic hydroxyl groups is 2. The number of carbonyl (C=O) groups excluding carboxylic acids is 2. The van der Waals surface area contributed by atoms with E-state index in [1.54, 1.807) is 17.0 Å². The highest BCUT2D eigenvalue weighted by atomic mass is 32.2. The fourth-order valence-electron chi connectivity index (χ4n) is 5.52. The molecule has 8 nitrogen and oxygen atoms in total. The van der Waals surface area contributed by atoms with Crippen LogP contribution in [0.3, 0.4) is 0 Å². The maximum atomic E-state index is 13.6. The van der Waals surface area contributed by atoms with Gasteiger partial charge >= 0.3 is 0 Å². The smallest absolute Gasteiger partial charge is 0.275 e. The third-order valence-electron chi connectivity index (χ3n) is 7.45. The third-order valence-corrected chi connectivity index (χ3v) is 8.50. The van der Waals surface area contributed by atoms with Crippen LogP contribution in [0.2, 0.25) is 0 Å². The first kappa shape index (κ1) is 24.1. The van der Waals surface area contributed by atoms with E-state index in [2.05, 4.69) is 10.2 Å². The van der Waals surface area contributed by atoms with Crippen molar-refractivity contribution >= 4 is 23.6 Å². The number of rotatable bonds is 4. The van der Waals surface area contributed by atoms with Crippen molar-refractivity contribution in [1.29, 1.82) is 0 Å². The molecule has 10 heteroatoms. The Labute approximate surface area is 208 Å². The second-order valence-electron chi connectivity index (χ2n) is 9.59. The third kappa shape index (κ3) is 4.54. The van der Waals surface area contributed by atoms with Gasteiger partial charge in [-0.2, -0.15) is 11.8 Å². The first-order valence-electron chi connectivity index (χ1n) is 12.1. The minimum absolute atomic E-state index is 0.0192. The maximum absolute atomic E-state index is 13.6. The molecule has 0 spiro atoms. The van der Waals surface area contributed by atoms with Gasteiger partial charge in [0.15, 0.2) is 5.76 Å². The van der Waals surface area contributed by atoms with Crippen LogP contribution in [0.4, 0.5) is 4.39 Å². The average molecular weight is 503 g/mol. The Morgan fingerprint density at radius 3 is 2.63 bits per heavy atom. The molecule has 0 saturated carbocycles. The second kappa shape index (κ2) is 9.83. The van der Waals surface area contributed by atoms with Crippen LogP contribution in [0.5, 0.6) is 0 Å². The van der Waals surface area contributed by atoms with E-state index in [1.165, 1.54) is 18.3 Å². The van der Waals surface area contributed by atoms with Gasteiger partial charge in [-0.05, 0) is 55.4 Å². The molecule has 4 aliphatic rings. The van der Waals surface area contributed by atoms with Gasteiger partial charge < -0.3 is 25.3 Å². The molecule has 1 unspecified atom stereocenters. The normalized spacial score (nSPS) is 27.9. The van der Waals surface area contributed by atoms with E-state index in [9.17, 15) is 24.2 Å². The van der Waals surface area contributed by atoms with Crippen molar-refractivity contribution in [3.63, 3.8) is 0 Å². The average Bonchev–Trinajstić information content (AvgIpc) is 2.86. The number of hydrogen-bond donors (Lipinski definition) is 3. The zero-order valence-electron chi connectivity index (χ0n) is 19.7. The van der Waals surface area contributed by atoms with E-state index in [1.807, 2.05) is 23.6 Å². The monoisotopic (exact) mass is 502 g/mol. The Kier molecular flexibility index (Phi) is 6.78. The van der Waals surface area contributed by atoms with E-state index in [4.69, 9.17) is 0 Å². The molecular formula is C25H31FN4O4S. The van der Waals surface area contributed by atoms with Gasteiger partial charge in [-0.25, -0.2) is 4.39 Å². The lowest BCUT2D eigenvalue weighted by molar-refractivity contribution is -0.153. The quantitative estimate of drug-likeness (QED) is 0.579. The van der Waals surface area contributed by atoms with Crippen molar-refractivity contribution in [3.8, 4) is 0 Å². The van der Waals surface area contributed by atoms with Crippen LogP contribution in [0, 0.1) is 5.82 Å². The Balaban J connectivity index is 1.38. The summed E-state index contributed by atoms with van der Waals surface area (Å²) in [5.41, 5.74) is 0.711. The van der Waals surface area contributed by atoms with Gasteiger partial charge in [0, 0.05) is 31.4 Å². The molecule has 1 aromatic carbocycles. The van der Waals surface area contributed by atoms with E-state index < -0.39 is 17.8 Å².